The van der Waals surface area contributed by atoms with Crippen molar-refractivity contribution in [2.24, 2.45) is 0 Å². The Kier molecular flexibility index (Phi) is 8.78. The molecule has 2 nitrogen and oxygen atoms in total. The van der Waals surface area contributed by atoms with Crippen molar-refractivity contribution >= 4 is 0 Å². The van der Waals surface area contributed by atoms with Gasteiger partial charge in [-0.1, -0.05) is 60.7 Å². The minimum absolute atomic E-state index is 0.0718. The van der Waals surface area contributed by atoms with Gasteiger partial charge in [-0.05, 0) is 0 Å². The third kappa shape index (κ3) is 8.50. The number of hydrogen-bond donors (Lipinski definition) is 0. The van der Waals surface area contributed by atoms with Gasteiger partial charge in [-0.25, -0.2) is 0 Å². The molecule has 2 aromatic carbocycles. The van der Waals surface area contributed by atoms with Gasteiger partial charge in [-0.2, -0.15) is 0 Å². The second-order valence-electron chi connectivity index (χ2n) is 5.40. The van der Waals surface area contributed by atoms with E-state index in [-0.39, 0.29) is 11.5 Å². The van der Waals surface area contributed by atoms with Gasteiger partial charge in [0.25, 0.3) is 0 Å². The van der Waals surface area contributed by atoms with Crippen LogP contribution in [-0.4, -0.2) is 0 Å². The van der Waals surface area contributed by atoms with Gasteiger partial charge in [0.15, 0.2) is 0 Å². The summed E-state index contributed by atoms with van der Waals surface area (Å²) >= 11 is -0.526. The van der Waals surface area contributed by atoms with Crippen molar-refractivity contribution in [3.05, 3.63) is 104 Å². The Morgan fingerprint density at radius 2 is 1.00 bits per heavy atom. The van der Waals surface area contributed by atoms with Crippen molar-refractivity contribution < 1.29 is 33.1 Å². The van der Waals surface area contributed by atoms with E-state index >= 15 is 0 Å². The van der Waals surface area contributed by atoms with Crippen molar-refractivity contribution in [2.75, 3.05) is 0 Å². The second-order valence-corrected chi connectivity index (χ2v) is 10.9. The van der Waals surface area contributed by atoms with Crippen LogP contribution in [0.1, 0.15) is 12.8 Å². The smallest absolute Gasteiger partial charge is 0.0623 e. The van der Waals surface area contributed by atoms with Crippen LogP contribution in [0.15, 0.2) is 104 Å². The Balaban J connectivity index is 0.000000142. The van der Waals surface area contributed by atoms with Gasteiger partial charge in [0, 0.05) is 0 Å². The van der Waals surface area contributed by atoms with Crippen molar-refractivity contribution in [2.45, 2.75) is 12.8 Å². The Hall–Kier alpha value is -2.13. The zero-order valence-electron chi connectivity index (χ0n) is 14.0. The molecule has 4 rings (SSSR count). The molecule has 0 bridgehead atoms. The van der Waals surface area contributed by atoms with Crippen molar-refractivity contribution in [3.8, 4) is 11.5 Å². The summed E-state index contributed by atoms with van der Waals surface area (Å²) in [7, 11) is 0. The molecule has 0 spiro atoms. The molecule has 2 aliphatic carbocycles. The van der Waals surface area contributed by atoms with E-state index in [9.17, 15) is 10.2 Å². The number of benzene rings is 2. The standard InChI is InChI=1S/2C6H6O.2C5H5.Hf/c2*7-6-4-2-1-3-5-6;2*1-2-4-5-3-1;/h2*1-5,7H;2*1-3H,4H2;/q;;;;+2/p-2. The predicted molar refractivity (Wildman–Crippen MR) is 95.5 cm³/mol. The third-order valence-electron chi connectivity index (χ3n) is 3.35. The molecule has 0 heterocycles. The zero-order valence-corrected chi connectivity index (χ0v) is 17.6. The summed E-state index contributed by atoms with van der Waals surface area (Å²) in [4.78, 5) is 0. The molecule has 0 saturated heterocycles. The average molecular weight is 495 g/mol. The molecule has 2 aromatic rings. The van der Waals surface area contributed by atoms with Crippen molar-refractivity contribution in [1.82, 2.24) is 0 Å². The maximum atomic E-state index is 10.3. The summed E-state index contributed by atoms with van der Waals surface area (Å²) in [6, 6.07) is 16.7. The van der Waals surface area contributed by atoms with Crippen molar-refractivity contribution in [3.63, 3.8) is 0 Å². The average Bonchev–Trinajstić information content (AvgIpc) is 3.32. The van der Waals surface area contributed by atoms with E-state index in [4.69, 9.17) is 0 Å². The SMILES string of the molecule is C1=CC[C]([Hf+2][C]2=CC=CC2)=C1.[O-]c1ccccc1.[O-]c1ccccc1. The Bertz CT molecular complexity index is 679. The van der Waals surface area contributed by atoms with Crippen LogP contribution in [0.4, 0.5) is 0 Å². The first kappa shape index (κ1) is 19.2. The minimum Gasteiger partial charge on any atom is -0.872 e. The molecule has 3 heteroatoms. The second kappa shape index (κ2) is 11.4. The molecule has 0 aromatic heterocycles. The van der Waals surface area contributed by atoms with Crippen LogP contribution in [-0.2, 0) is 22.9 Å². The zero-order chi connectivity index (χ0) is 17.7. The molecule has 0 aliphatic heterocycles. The maximum absolute atomic E-state index is 10.3. The number of para-hydroxylation sites is 2. The predicted octanol–water partition coefficient (Wildman–Crippen LogP) is 4.28. The van der Waals surface area contributed by atoms with E-state index in [1.54, 1.807) is 30.9 Å². The van der Waals surface area contributed by atoms with E-state index in [0.29, 0.717) is 0 Å². The quantitative estimate of drug-likeness (QED) is 0.585. The van der Waals surface area contributed by atoms with Gasteiger partial charge >= 0.3 is 78.9 Å². The van der Waals surface area contributed by atoms with E-state index in [1.807, 2.05) is 12.1 Å². The molecule has 0 amide bonds. The third-order valence-corrected chi connectivity index (χ3v) is 8.32. The van der Waals surface area contributed by atoms with Crippen LogP contribution in [0.2, 0.25) is 0 Å². The fourth-order valence-corrected chi connectivity index (χ4v) is 6.48. The summed E-state index contributed by atoms with van der Waals surface area (Å²) in [5.74, 6) is 0.144. The number of allylic oxidation sites excluding steroid dienone is 8. The topological polar surface area (TPSA) is 46.1 Å². The summed E-state index contributed by atoms with van der Waals surface area (Å²) in [6.07, 6.45) is 16.1. The fraction of sp³-hybridized carbons (Fsp3) is 0.0909. The van der Waals surface area contributed by atoms with Crippen LogP contribution in [0, 0.1) is 0 Å². The molecule has 25 heavy (non-hydrogen) atoms. The Labute approximate surface area is 160 Å². The first-order valence-corrected chi connectivity index (χ1v) is 11.8. The molecule has 0 atom stereocenters. The first-order valence-electron chi connectivity index (χ1n) is 8.16. The van der Waals surface area contributed by atoms with Crippen LogP contribution in [0.5, 0.6) is 11.5 Å². The van der Waals surface area contributed by atoms with Crippen LogP contribution >= 0.6 is 0 Å². The van der Waals surface area contributed by atoms with Crippen molar-refractivity contribution in [1.29, 1.82) is 0 Å². The maximum Gasteiger partial charge on any atom is -0.0623 e. The Morgan fingerprint density at radius 1 is 0.600 bits per heavy atom. The minimum atomic E-state index is -0.526. The summed E-state index contributed by atoms with van der Waals surface area (Å²) in [6.45, 7) is 0. The van der Waals surface area contributed by atoms with Gasteiger partial charge in [-0.15, -0.1) is 11.5 Å². The van der Waals surface area contributed by atoms with Crippen LogP contribution < -0.4 is 10.2 Å². The first-order chi connectivity index (χ1) is 12.2. The Morgan fingerprint density at radius 3 is 1.24 bits per heavy atom. The molecule has 0 radical (unpaired) electrons. The van der Waals surface area contributed by atoms with Crippen LogP contribution in [0.25, 0.3) is 0 Å². The van der Waals surface area contributed by atoms with Gasteiger partial charge in [-0.3, -0.25) is 0 Å². The summed E-state index contributed by atoms with van der Waals surface area (Å²) < 4.78 is 3.50. The van der Waals surface area contributed by atoms with Gasteiger partial charge < -0.3 is 10.2 Å². The largest absolute Gasteiger partial charge is 0.872 e. The molecule has 0 N–H and O–H groups in total. The van der Waals surface area contributed by atoms with Gasteiger partial charge in [0.1, 0.15) is 0 Å². The number of rotatable bonds is 2. The van der Waals surface area contributed by atoms with E-state index < -0.39 is 22.9 Å². The summed E-state index contributed by atoms with van der Waals surface area (Å²) in [5.41, 5.74) is 0. The summed E-state index contributed by atoms with van der Waals surface area (Å²) in [5, 5.41) is 20.5. The number of hydrogen-bond acceptors (Lipinski definition) is 2. The normalized spacial score (nSPS) is 13.6. The van der Waals surface area contributed by atoms with Crippen LogP contribution in [0.3, 0.4) is 0 Å². The van der Waals surface area contributed by atoms with Gasteiger partial charge in [0.2, 0.25) is 0 Å². The molecule has 0 saturated carbocycles. The molecular weight excluding hydrogens is 475 g/mol. The fourth-order valence-electron chi connectivity index (χ4n) is 2.13. The van der Waals surface area contributed by atoms with E-state index in [0.717, 1.165) is 0 Å². The van der Waals surface area contributed by atoms with E-state index in [1.165, 1.54) is 37.1 Å². The molecule has 0 unspecified atom stereocenters. The molecule has 2 aliphatic rings. The molecule has 0 fully saturated rings. The molecule has 124 valence electrons. The van der Waals surface area contributed by atoms with Gasteiger partial charge in [0.05, 0.1) is 0 Å². The molecular formula is C22H20HfO2. The van der Waals surface area contributed by atoms with E-state index in [2.05, 4.69) is 36.5 Å². The monoisotopic (exact) mass is 496 g/mol.